The molecule has 11 heavy (non-hydrogen) atoms. The van der Waals surface area contributed by atoms with Crippen molar-refractivity contribution in [3.05, 3.63) is 11.9 Å². The molecule has 1 heterocycles. The maximum atomic E-state index is 5.41. The summed E-state index contributed by atoms with van der Waals surface area (Å²) in [5, 5.41) is 13.3. The van der Waals surface area contributed by atoms with Gasteiger partial charge in [-0.15, -0.1) is 0 Å². The number of hydrogen-bond acceptors (Lipinski definition) is 4. The first-order valence-corrected chi connectivity index (χ1v) is 3.61. The first-order valence-electron chi connectivity index (χ1n) is 3.61. The minimum Gasteiger partial charge on any atom is -0.329 e. The number of hydrogen-bond donors (Lipinski definition) is 3. The van der Waals surface area contributed by atoms with E-state index in [2.05, 4.69) is 20.7 Å². The van der Waals surface area contributed by atoms with Crippen LogP contribution in [0.2, 0.25) is 0 Å². The summed E-state index contributed by atoms with van der Waals surface area (Å²) in [6, 6.07) is 0.326. The number of aromatic nitrogens is 3. The van der Waals surface area contributed by atoms with E-state index < -0.39 is 0 Å². The van der Waals surface area contributed by atoms with Crippen LogP contribution >= 0.6 is 0 Å². The Labute approximate surface area is 65.4 Å². The molecule has 1 rings (SSSR count). The molecule has 0 aliphatic rings. The van der Waals surface area contributed by atoms with E-state index in [0.29, 0.717) is 12.6 Å². The fourth-order valence-electron chi connectivity index (χ4n) is 0.673. The third-order valence-electron chi connectivity index (χ3n) is 1.45. The third kappa shape index (κ3) is 2.65. The summed E-state index contributed by atoms with van der Waals surface area (Å²) in [6.07, 6.45) is 1.69. The molecule has 0 saturated heterocycles. The van der Waals surface area contributed by atoms with E-state index in [9.17, 15) is 0 Å². The second-order valence-corrected chi connectivity index (χ2v) is 2.48. The second kappa shape index (κ2) is 4.05. The highest BCUT2D eigenvalue weighted by molar-refractivity contribution is 4.89. The molecule has 1 unspecified atom stereocenters. The van der Waals surface area contributed by atoms with Gasteiger partial charge in [0.15, 0.2) is 0 Å². The van der Waals surface area contributed by atoms with Gasteiger partial charge in [-0.25, -0.2) is 0 Å². The van der Waals surface area contributed by atoms with Gasteiger partial charge in [0.05, 0.1) is 11.9 Å². The summed E-state index contributed by atoms with van der Waals surface area (Å²) < 4.78 is 0. The molecule has 1 aromatic rings. The van der Waals surface area contributed by atoms with Gasteiger partial charge in [-0.3, -0.25) is 0 Å². The van der Waals surface area contributed by atoms with Crippen LogP contribution in [0, 0.1) is 0 Å². The lowest BCUT2D eigenvalue weighted by Gasteiger charge is -2.08. The molecule has 0 saturated carbocycles. The molecular formula is C6H13N5. The molecule has 4 N–H and O–H groups in total. The lowest BCUT2D eigenvalue weighted by molar-refractivity contribution is 0.550. The van der Waals surface area contributed by atoms with Gasteiger partial charge in [0.25, 0.3) is 0 Å². The van der Waals surface area contributed by atoms with Gasteiger partial charge < -0.3 is 11.1 Å². The molecule has 0 bridgehead atoms. The van der Waals surface area contributed by atoms with Crippen LogP contribution in [0.15, 0.2) is 6.20 Å². The lowest BCUT2D eigenvalue weighted by Crippen LogP contribution is -2.32. The van der Waals surface area contributed by atoms with Crippen molar-refractivity contribution < 1.29 is 0 Å². The van der Waals surface area contributed by atoms with Crippen molar-refractivity contribution >= 4 is 0 Å². The Morgan fingerprint density at radius 1 is 1.82 bits per heavy atom. The van der Waals surface area contributed by atoms with Crippen LogP contribution in [-0.2, 0) is 6.54 Å². The van der Waals surface area contributed by atoms with E-state index in [4.69, 9.17) is 5.73 Å². The summed E-state index contributed by atoms with van der Waals surface area (Å²) in [5.74, 6) is 0. The first-order chi connectivity index (χ1) is 5.33. The van der Waals surface area contributed by atoms with Gasteiger partial charge in [-0.05, 0) is 6.92 Å². The molecule has 5 nitrogen and oxygen atoms in total. The molecule has 0 aromatic carbocycles. The van der Waals surface area contributed by atoms with Crippen molar-refractivity contribution in [3.63, 3.8) is 0 Å². The molecular weight excluding hydrogens is 142 g/mol. The molecule has 1 atom stereocenters. The molecule has 1 aromatic heterocycles. The van der Waals surface area contributed by atoms with Gasteiger partial charge >= 0.3 is 0 Å². The lowest BCUT2D eigenvalue weighted by atomic mass is 10.3. The minimum absolute atomic E-state index is 0.326. The van der Waals surface area contributed by atoms with Crippen molar-refractivity contribution in [2.24, 2.45) is 5.73 Å². The van der Waals surface area contributed by atoms with Crippen LogP contribution in [0.4, 0.5) is 0 Å². The predicted molar refractivity (Wildman–Crippen MR) is 41.7 cm³/mol. The summed E-state index contributed by atoms with van der Waals surface area (Å²) in [6.45, 7) is 3.38. The average molecular weight is 155 g/mol. The van der Waals surface area contributed by atoms with E-state index in [1.165, 1.54) is 0 Å². The van der Waals surface area contributed by atoms with Crippen molar-refractivity contribution in [1.29, 1.82) is 0 Å². The highest BCUT2D eigenvalue weighted by atomic mass is 15.3. The van der Waals surface area contributed by atoms with E-state index in [0.717, 1.165) is 12.2 Å². The summed E-state index contributed by atoms with van der Waals surface area (Å²) >= 11 is 0. The Hall–Kier alpha value is -0.940. The third-order valence-corrected chi connectivity index (χ3v) is 1.45. The zero-order valence-corrected chi connectivity index (χ0v) is 6.54. The highest BCUT2D eigenvalue weighted by Gasteiger charge is 1.98. The van der Waals surface area contributed by atoms with Gasteiger partial charge in [0.1, 0.15) is 0 Å². The van der Waals surface area contributed by atoms with Gasteiger partial charge in [0.2, 0.25) is 0 Å². The molecule has 0 spiro atoms. The fraction of sp³-hybridized carbons (Fsp3) is 0.667. The number of nitrogens with one attached hydrogen (secondary N) is 2. The summed E-state index contributed by atoms with van der Waals surface area (Å²) in [7, 11) is 0. The average Bonchev–Trinajstić information content (AvgIpc) is 2.52. The van der Waals surface area contributed by atoms with Crippen molar-refractivity contribution in [3.8, 4) is 0 Å². The second-order valence-electron chi connectivity index (χ2n) is 2.48. The zero-order valence-electron chi connectivity index (χ0n) is 6.54. The monoisotopic (exact) mass is 155 g/mol. The van der Waals surface area contributed by atoms with E-state index in [-0.39, 0.29) is 0 Å². The number of aromatic amines is 1. The van der Waals surface area contributed by atoms with Crippen LogP contribution in [0.3, 0.4) is 0 Å². The Kier molecular flexibility index (Phi) is 3.00. The highest BCUT2D eigenvalue weighted by Crippen LogP contribution is 1.87. The SMILES string of the molecule is CC(CN)NCc1cn[nH]n1. The Morgan fingerprint density at radius 3 is 3.18 bits per heavy atom. The number of nitrogens with zero attached hydrogens (tertiary/aromatic N) is 2. The Bertz CT molecular complexity index is 183. The number of H-pyrrole nitrogens is 1. The molecule has 5 heteroatoms. The summed E-state index contributed by atoms with van der Waals surface area (Å²) in [4.78, 5) is 0. The predicted octanol–water partition coefficient (Wildman–Crippen LogP) is -0.758. The summed E-state index contributed by atoms with van der Waals surface area (Å²) in [5.41, 5.74) is 6.31. The smallest absolute Gasteiger partial charge is 0.0962 e. The molecule has 0 radical (unpaired) electrons. The molecule has 0 fully saturated rings. The first kappa shape index (κ1) is 8.16. The quantitative estimate of drug-likeness (QED) is 0.534. The van der Waals surface area contributed by atoms with Crippen LogP contribution in [0.1, 0.15) is 12.6 Å². The number of nitrogens with two attached hydrogens (primary N) is 1. The Balaban J connectivity index is 2.23. The van der Waals surface area contributed by atoms with E-state index in [1.807, 2.05) is 6.92 Å². The zero-order chi connectivity index (χ0) is 8.10. The maximum absolute atomic E-state index is 5.41. The molecule has 62 valence electrons. The maximum Gasteiger partial charge on any atom is 0.0962 e. The largest absolute Gasteiger partial charge is 0.329 e. The van der Waals surface area contributed by atoms with Crippen LogP contribution in [0.5, 0.6) is 0 Å². The van der Waals surface area contributed by atoms with E-state index >= 15 is 0 Å². The molecule has 0 aliphatic heterocycles. The van der Waals surface area contributed by atoms with Gasteiger partial charge in [-0.2, -0.15) is 15.4 Å². The minimum atomic E-state index is 0.326. The van der Waals surface area contributed by atoms with Gasteiger partial charge in [0, 0.05) is 19.1 Å². The van der Waals surface area contributed by atoms with E-state index in [1.54, 1.807) is 6.20 Å². The van der Waals surface area contributed by atoms with Crippen LogP contribution < -0.4 is 11.1 Å². The van der Waals surface area contributed by atoms with Crippen LogP contribution in [-0.4, -0.2) is 28.0 Å². The standard InChI is InChI=1S/C6H13N5/c1-5(2-7)8-3-6-4-9-11-10-6/h4-5,8H,2-3,7H2,1H3,(H,9,10,11). The van der Waals surface area contributed by atoms with Crippen molar-refractivity contribution in [1.82, 2.24) is 20.7 Å². The van der Waals surface area contributed by atoms with Gasteiger partial charge in [-0.1, -0.05) is 0 Å². The fourth-order valence-corrected chi connectivity index (χ4v) is 0.673. The normalized spacial score (nSPS) is 13.3. The molecule has 0 aliphatic carbocycles. The van der Waals surface area contributed by atoms with Crippen molar-refractivity contribution in [2.75, 3.05) is 6.54 Å². The molecule has 0 amide bonds. The number of rotatable bonds is 4. The van der Waals surface area contributed by atoms with Crippen molar-refractivity contribution in [2.45, 2.75) is 19.5 Å². The topological polar surface area (TPSA) is 79.6 Å². The van der Waals surface area contributed by atoms with Crippen LogP contribution in [0.25, 0.3) is 0 Å². The Morgan fingerprint density at radius 2 is 2.64 bits per heavy atom.